The van der Waals surface area contributed by atoms with Crippen LogP contribution in [0, 0.1) is 11.7 Å². The average molecular weight is 412 g/mol. The van der Waals surface area contributed by atoms with Crippen LogP contribution < -0.4 is 5.56 Å². The van der Waals surface area contributed by atoms with E-state index in [1.165, 1.54) is 12.1 Å². The third-order valence-corrected chi connectivity index (χ3v) is 6.56. The minimum atomic E-state index is -0.454. The Morgan fingerprint density at radius 1 is 1.17 bits per heavy atom. The number of likely N-dealkylation sites (tertiary alicyclic amines) is 1. The van der Waals surface area contributed by atoms with E-state index >= 15 is 0 Å². The lowest BCUT2D eigenvalue weighted by molar-refractivity contribution is -0.135. The maximum Gasteiger partial charge on any atom is 0.253 e. The summed E-state index contributed by atoms with van der Waals surface area (Å²) >= 11 is 0. The lowest BCUT2D eigenvalue weighted by Crippen LogP contribution is -2.44. The van der Waals surface area contributed by atoms with Crippen molar-refractivity contribution in [1.82, 2.24) is 14.5 Å². The van der Waals surface area contributed by atoms with E-state index in [4.69, 9.17) is 0 Å². The van der Waals surface area contributed by atoms with Crippen LogP contribution in [0.2, 0.25) is 0 Å². The van der Waals surface area contributed by atoms with Crippen molar-refractivity contribution >= 4 is 5.91 Å². The molecule has 2 aromatic rings. The molecule has 1 saturated heterocycles. The van der Waals surface area contributed by atoms with Crippen molar-refractivity contribution in [3.05, 3.63) is 64.1 Å². The number of piperidine rings is 1. The lowest BCUT2D eigenvalue weighted by atomic mass is 9.91. The molecule has 2 fully saturated rings. The fraction of sp³-hybridized carbons (Fsp3) is 0.542. The van der Waals surface area contributed by atoms with E-state index in [0.29, 0.717) is 25.6 Å². The minimum absolute atomic E-state index is 0.0123. The Hall–Kier alpha value is -2.50. The first-order valence-electron chi connectivity index (χ1n) is 10.8. The molecule has 0 bridgehead atoms. The van der Waals surface area contributed by atoms with Crippen molar-refractivity contribution in [2.45, 2.75) is 63.8 Å². The molecule has 1 aromatic carbocycles. The maximum atomic E-state index is 13.3. The second-order valence-electron chi connectivity index (χ2n) is 9.84. The van der Waals surface area contributed by atoms with Gasteiger partial charge in [0.2, 0.25) is 5.91 Å². The molecule has 2 aliphatic rings. The molecule has 0 spiro atoms. The Kier molecular flexibility index (Phi) is 5.28. The number of hydrogen-bond donors (Lipinski definition) is 0. The Labute approximate surface area is 176 Å². The molecule has 5 nitrogen and oxygen atoms in total. The predicted octanol–water partition coefficient (Wildman–Crippen LogP) is 3.65. The average Bonchev–Trinajstić information content (AvgIpc) is 3.51. The fourth-order valence-corrected chi connectivity index (χ4v) is 4.39. The maximum absolute atomic E-state index is 13.3. The third-order valence-electron chi connectivity index (χ3n) is 6.56. The van der Waals surface area contributed by atoms with Crippen LogP contribution in [-0.4, -0.2) is 33.4 Å². The molecule has 6 heteroatoms. The van der Waals surface area contributed by atoms with Crippen molar-refractivity contribution in [2.75, 3.05) is 13.1 Å². The van der Waals surface area contributed by atoms with E-state index < -0.39 is 5.41 Å². The monoisotopic (exact) mass is 411 g/mol. The quantitative estimate of drug-likeness (QED) is 0.772. The molecule has 2 heterocycles. The Morgan fingerprint density at radius 2 is 1.80 bits per heavy atom. The van der Waals surface area contributed by atoms with Crippen molar-refractivity contribution in [3.63, 3.8) is 0 Å². The highest BCUT2D eigenvalue weighted by Gasteiger charge is 2.53. The van der Waals surface area contributed by atoms with Gasteiger partial charge in [0.05, 0.1) is 17.4 Å². The van der Waals surface area contributed by atoms with E-state index in [2.05, 4.69) is 4.98 Å². The topological polar surface area (TPSA) is 55.2 Å². The summed E-state index contributed by atoms with van der Waals surface area (Å²) in [6, 6.07) is 8.00. The highest BCUT2D eigenvalue weighted by molar-refractivity contribution is 5.91. The number of halogens is 1. The molecule has 1 saturated carbocycles. The van der Waals surface area contributed by atoms with E-state index in [9.17, 15) is 14.0 Å². The number of nitrogens with zero attached hydrogens (tertiary/aromatic N) is 3. The van der Waals surface area contributed by atoms with Crippen LogP contribution in [0.25, 0.3) is 0 Å². The van der Waals surface area contributed by atoms with Gasteiger partial charge in [-0.1, -0.05) is 32.9 Å². The number of carbonyl (C=O) groups excluding carboxylic acids is 1. The van der Waals surface area contributed by atoms with Gasteiger partial charge in [-0.15, -0.1) is 0 Å². The van der Waals surface area contributed by atoms with Gasteiger partial charge in [-0.2, -0.15) is 0 Å². The van der Waals surface area contributed by atoms with Crippen molar-refractivity contribution in [3.8, 4) is 0 Å². The molecular weight excluding hydrogens is 381 g/mol. The second-order valence-corrected chi connectivity index (χ2v) is 9.84. The van der Waals surface area contributed by atoms with Crippen molar-refractivity contribution in [2.24, 2.45) is 5.92 Å². The summed E-state index contributed by atoms with van der Waals surface area (Å²) in [4.78, 5) is 32.1. The molecule has 0 radical (unpaired) electrons. The first-order valence-corrected chi connectivity index (χ1v) is 10.8. The van der Waals surface area contributed by atoms with Crippen LogP contribution in [-0.2, 0) is 22.2 Å². The van der Waals surface area contributed by atoms with E-state index in [1.807, 2.05) is 25.7 Å². The zero-order valence-electron chi connectivity index (χ0n) is 18.0. The SMILES string of the molecule is CC(C)(C)c1cc(=O)n(CC2CCN(C(=O)C3(c4ccc(F)cc4)CC3)CC2)cn1. The van der Waals surface area contributed by atoms with Crippen LogP contribution in [0.15, 0.2) is 41.5 Å². The summed E-state index contributed by atoms with van der Waals surface area (Å²) in [5, 5.41) is 0. The number of rotatable bonds is 4. The number of benzene rings is 1. The summed E-state index contributed by atoms with van der Waals surface area (Å²) in [6.07, 6.45) is 5.07. The molecule has 1 aliphatic heterocycles. The first-order chi connectivity index (χ1) is 14.2. The molecule has 0 N–H and O–H groups in total. The lowest BCUT2D eigenvalue weighted by Gasteiger charge is -2.34. The molecule has 4 rings (SSSR count). The van der Waals surface area contributed by atoms with Gasteiger partial charge < -0.3 is 4.90 Å². The molecular formula is C24H30FN3O2. The number of amides is 1. The van der Waals surface area contributed by atoms with Gasteiger partial charge in [0.15, 0.2) is 0 Å². The van der Waals surface area contributed by atoms with Gasteiger partial charge in [-0.25, -0.2) is 9.37 Å². The van der Waals surface area contributed by atoms with Crippen molar-refractivity contribution < 1.29 is 9.18 Å². The second kappa shape index (κ2) is 7.64. The fourth-order valence-electron chi connectivity index (χ4n) is 4.39. The zero-order chi connectivity index (χ0) is 21.5. The van der Waals surface area contributed by atoms with Crippen LogP contribution in [0.5, 0.6) is 0 Å². The van der Waals surface area contributed by atoms with Gasteiger partial charge in [-0.3, -0.25) is 14.2 Å². The summed E-state index contributed by atoms with van der Waals surface area (Å²) in [5.41, 5.74) is 1.12. The minimum Gasteiger partial charge on any atom is -0.342 e. The van der Waals surface area contributed by atoms with Gasteiger partial charge in [0.25, 0.3) is 5.56 Å². The molecule has 30 heavy (non-hydrogen) atoms. The predicted molar refractivity (Wildman–Crippen MR) is 114 cm³/mol. The summed E-state index contributed by atoms with van der Waals surface area (Å²) in [6.45, 7) is 8.18. The number of hydrogen-bond acceptors (Lipinski definition) is 3. The van der Waals surface area contributed by atoms with E-state index in [-0.39, 0.29) is 22.7 Å². The molecule has 1 aromatic heterocycles. The van der Waals surface area contributed by atoms with Crippen LogP contribution in [0.4, 0.5) is 4.39 Å². The molecule has 160 valence electrons. The van der Waals surface area contributed by atoms with Crippen LogP contribution in [0.3, 0.4) is 0 Å². The number of carbonyl (C=O) groups is 1. The van der Waals surface area contributed by atoms with E-state index in [0.717, 1.165) is 36.9 Å². The third kappa shape index (κ3) is 4.05. The molecule has 0 atom stereocenters. The van der Waals surface area contributed by atoms with Gasteiger partial charge in [-0.05, 0) is 49.3 Å². The molecule has 0 unspecified atom stereocenters. The molecule has 1 amide bonds. The van der Waals surface area contributed by atoms with E-state index in [1.54, 1.807) is 29.1 Å². The van der Waals surface area contributed by atoms with Gasteiger partial charge in [0, 0.05) is 31.1 Å². The van der Waals surface area contributed by atoms with Crippen LogP contribution in [0.1, 0.15) is 57.7 Å². The number of aromatic nitrogens is 2. The van der Waals surface area contributed by atoms with Crippen LogP contribution >= 0.6 is 0 Å². The standard InChI is InChI=1S/C24H30FN3O2/c1-23(2,3)20-14-21(29)28(16-26-20)15-17-8-12-27(13-9-17)22(30)24(10-11-24)18-4-6-19(25)7-5-18/h4-7,14,16-17H,8-13,15H2,1-3H3. The Balaban J connectivity index is 1.37. The zero-order valence-corrected chi connectivity index (χ0v) is 18.0. The normalized spacial score (nSPS) is 19.0. The summed E-state index contributed by atoms with van der Waals surface area (Å²) in [5.74, 6) is 0.249. The molecule has 1 aliphatic carbocycles. The highest BCUT2D eigenvalue weighted by Crippen LogP contribution is 2.50. The summed E-state index contributed by atoms with van der Waals surface area (Å²) in [7, 11) is 0. The highest BCUT2D eigenvalue weighted by atomic mass is 19.1. The largest absolute Gasteiger partial charge is 0.342 e. The van der Waals surface area contributed by atoms with Gasteiger partial charge in [0.1, 0.15) is 5.82 Å². The Morgan fingerprint density at radius 3 is 2.33 bits per heavy atom. The first kappa shape index (κ1) is 20.8. The van der Waals surface area contributed by atoms with Gasteiger partial charge >= 0.3 is 0 Å². The smallest absolute Gasteiger partial charge is 0.253 e. The van der Waals surface area contributed by atoms with Crippen molar-refractivity contribution in [1.29, 1.82) is 0 Å². The Bertz CT molecular complexity index is 979. The summed E-state index contributed by atoms with van der Waals surface area (Å²) < 4.78 is 15.0.